The zero-order valence-corrected chi connectivity index (χ0v) is 10.7. The Morgan fingerprint density at radius 3 is 3.11 bits per heavy atom. The van der Waals surface area contributed by atoms with Gasteiger partial charge in [-0.25, -0.2) is 0 Å². The van der Waals surface area contributed by atoms with E-state index in [0.717, 1.165) is 31.6 Å². The third-order valence-electron chi connectivity index (χ3n) is 3.55. The highest BCUT2D eigenvalue weighted by atomic mass is 16.3. The van der Waals surface area contributed by atoms with Gasteiger partial charge in [-0.1, -0.05) is 6.07 Å². The Hall–Kier alpha value is -1.79. The number of aromatic amines is 1. The van der Waals surface area contributed by atoms with E-state index in [4.69, 9.17) is 0 Å². The molecule has 0 aromatic carbocycles. The molecule has 0 bridgehead atoms. The fourth-order valence-electron chi connectivity index (χ4n) is 2.61. The Morgan fingerprint density at radius 1 is 1.42 bits per heavy atom. The van der Waals surface area contributed by atoms with Crippen LogP contribution in [0.1, 0.15) is 24.2 Å². The number of rotatable bonds is 3. The highest BCUT2D eigenvalue weighted by molar-refractivity contribution is 5.10. The first-order valence-corrected chi connectivity index (χ1v) is 6.47. The number of hydrogen-bond donors (Lipinski definition) is 2. The molecule has 100 valence electrons. The molecule has 2 N–H and O–H groups in total. The quantitative estimate of drug-likeness (QED) is 0.847. The number of likely N-dealkylation sites (tertiary alicyclic amines) is 1. The number of pyridine rings is 1. The maximum absolute atomic E-state index is 10.7. The van der Waals surface area contributed by atoms with E-state index in [-0.39, 0.29) is 0 Å². The standard InChI is InChI=1S/C13H17N5O/c19-13(12-8-15-17-16-12)5-3-7-18(10-13)9-11-4-1-2-6-14-11/h1-2,4,6,8,19H,3,5,7,9-10H2,(H,15,16,17)/t13-/m0/s1. The van der Waals surface area contributed by atoms with E-state index in [1.165, 1.54) is 0 Å². The van der Waals surface area contributed by atoms with Crippen LogP contribution in [0.4, 0.5) is 0 Å². The summed E-state index contributed by atoms with van der Waals surface area (Å²) >= 11 is 0. The van der Waals surface area contributed by atoms with Gasteiger partial charge in [0.15, 0.2) is 0 Å². The minimum atomic E-state index is -0.903. The topological polar surface area (TPSA) is 77.9 Å². The van der Waals surface area contributed by atoms with Gasteiger partial charge in [-0.2, -0.15) is 15.4 Å². The third-order valence-corrected chi connectivity index (χ3v) is 3.55. The Balaban J connectivity index is 1.72. The first-order valence-electron chi connectivity index (χ1n) is 6.47. The van der Waals surface area contributed by atoms with Crippen LogP contribution >= 0.6 is 0 Å². The molecule has 2 aromatic rings. The van der Waals surface area contributed by atoms with Gasteiger partial charge in [0, 0.05) is 19.3 Å². The lowest BCUT2D eigenvalue weighted by molar-refractivity contribution is -0.0417. The highest BCUT2D eigenvalue weighted by Gasteiger charge is 2.37. The van der Waals surface area contributed by atoms with E-state index in [1.54, 1.807) is 12.4 Å². The van der Waals surface area contributed by atoms with Crippen molar-refractivity contribution in [2.45, 2.75) is 25.0 Å². The summed E-state index contributed by atoms with van der Waals surface area (Å²) in [6.45, 7) is 2.29. The number of β-amino-alcohol motifs (C(OH)–C–C–N with tert-alkyl or cyclic N) is 1. The minimum absolute atomic E-state index is 0.566. The van der Waals surface area contributed by atoms with Crippen LogP contribution < -0.4 is 0 Å². The number of piperidine rings is 1. The van der Waals surface area contributed by atoms with Gasteiger partial charge in [-0.3, -0.25) is 9.88 Å². The smallest absolute Gasteiger partial charge is 0.123 e. The number of nitrogens with zero attached hydrogens (tertiary/aromatic N) is 4. The van der Waals surface area contributed by atoms with Crippen molar-refractivity contribution < 1.29 is 5.11 Å². The van der Waals surface area contributed by atoms with Gasteiger partial charge in [0.25, 0.3) is 0 Å². The van der Waals surface area contributed by atoms with Crippen molar-refractivity contribution in [1.82, 2.24) is 25.3 Å². The Morgan fingerprint density at radius 2 is 2.37 bits per heavy atom. The van der Waals surface area contributed by atoms with E-state index in [9.17, 15) is 5.11 Å². The molecule has 2 aromatic heterocycles. The molecule has 1 fully saturated rings. The summed E-state index contributed by atoms with van der Waals surface area (Å²) in [6.07, 6.45) is 5.06. The Labute approximate surface area is 111 Å². The molecule has 6 heteroatoms. The molecular weight excluding hydrogens is 242 g/mol. The molecule has 3 rings (SSSR count). The van der Waals surface area contributed by atoms with Crippen LogP contribution in [0.3, 0.4) is 0 Å². The van der Waals surface area contributed by atoms with Crippen LogP contribution in [0, 0.1) is 0 Å². The van der Waals surface area contributed by atoms with E-state index in [0.29, 0.717) is 12.2 Å². The number of aromatic nitrogens is 4. The molecule has 6 nitrogen and oxygen atoms in total. The highest BCUT2D eigenvalue weighted by Crippen LogP contribution is 2.30. The Kier molecular flexibility index (Phi) is 3.27. The Bertz CT molecular complexity index is 515. The maximum Gasteiger partial charge on any atom is 0.123 e. The number of nitrogens with one attached hydrogen (secondary N) is 1. The molecule has 1 atom stereocenters. The molecule has 1 aliphatic heterocycles. The minimum Gasteiger partial charge on any atom is -0.382 e. The molecule has 0 radical (unpaired) electrons. The molecular formula is C13H17N5O. The van der Waals surface area contributed by atoms with Crippen LogP contribution in [0.2, 0.25) is 0 Å². The second-order valence-electron chi connectivity index (χ2n) is 5.02. The summed E-state index contributed by atoms with van der Waals surface area (Å²) in [6, 6.07) is 5.89. The van der Waals surface area contributed by atoms with Gasteiger partial charge in [0.1, 0.15) is 11.3 Å². The average molecular weight is 259 g/mol. The zero-order valence-electron chi connectivity index (χ0n) is 10.7. The summed E-state index contributed by atoms with van der Waals surface area (Å²) in [4.78, 5) is 6.53. The number of hydrogen-bond acceptors (Lipinski definition) is 5. The number of aliphatic hydroxyl groups is 1. The normalized spacial score (nSPS) is 24.5. The predicted molar refractivity (Wildman–Crippen MR) is 69.0 cm³/mol. The molecule has 3 heterocycles. The van der Waals surface area contributed by atoms with Gasteiger partial charge in [-0.15, -0.1) is 0 Å². The van der Waals surface area contributed by atoms with Gasteiger partial charge in [0.05, 0.1) is 11.9 Å². The van der Waals surface area contributed by atoms with Crippen molar-refractivity contribution in [2.24, 2.45) is 0 Å². The number of H-pyrrole nitrogens is 1. The maximum atomic E-state index is 10.7. The van der Waals surface area contributed by atoms with Crippen LogP contribution in [0.5, 0.6) is 0 Å². The van der Waals surface area contributed by atoms with Gasteiger partial charge < -0.3 is 5.11 Å². The molecule has 0 spiro atoms. The summed E-state index contributed by atoms with van der Waals surface area (Å²) in [5.74, 6) is 0. The van der Waals surface area contributed by atoms with Gasteiger partial charge in [0.2, 0.25) is 0 Å². The van der Waals surface area contributed by atoms with Gasteiger partial charge >= 0.3 is 0 Å². The molecule has 0 amide bonds. The first kappa shape index (κ1) is 12.3. The lowest BCUT2D eigenvalue weighted by atomic mass is 9.90. The SMILES string of the molecule is O[C@@]1(c2cn[nH]n2)CCCN(Cc2ccccn2)C1. The average Bonchev–Trinajstić information content (AvgIpc) is 2.95. The van der Waals surface area contributed by atoms with Crippen molar-refractivity contribution in [3.05, 3.63) is 42.0 Å². The zero-order chi connectivity index (χ0) is 13.1. The van der Waals surface area contributed by atoms with Crippen LogP contribution in [-0.4, -0.2) is 43.5 Å². The van der Waals surface area contributed by atoms with Crippen molar-refractivity contribution >= 4 is 0 Å². The molecule has 0 aliphatic carbocycles. The third kappa shape index (κ3) is 2.64. The van der Waals surface area contributed by atoms with Crippen molar-refractivity contribution in [1.29, 1.82) is 0 Å². The van der Waals surface area contributed by atoms with E-state index in [1.807, 2.05) is 18.2 Å². The second kappa shape index (κ2) is 5.07. The molecule has 0 saturated carbocycles. The molecule has 1 saturated heterocycles. The summed E-state index contributed by atoms with van der Waals surface area (Å²) in [7, 11) is 0. The van der Waals surface area contributed by atoms with Crippen LogP contribution in [0.15, 0.2) is 30.6 Å². The second-order valence-corrected chi connectivity index (χ2v) is 5.02. The molecule has 0 unspecified atom stereocenters. The van der Waals surface area contributed by atoms with Crippen molar-refractivity contribution in [3.63, 3.8) is 0 Å². The van der Waals surface area contributed by atoms with Crippen LogP contribution in [0.25, 0.3) is 0 Å². The van der Waals surface area contributed by atoms with E-state index >= 15 is 0 Å². The molecule has 19 heavy (non-hydrogen) atoms. The van der Waals surface area contributed by atoms with Crippen LogP contribution in [-0.2, 0) is 12.1 Å². The predicted octanol–water partition coefficient (Wildman–Crippen LogP) is 0.683. The molecule has 1 aliphatic rings. The summed E-state index contributed by atoms with van der Waals surface area (Å²) < 4.78 is 0. The first-order chi connectivity index (χ1) is 9.26. The largest absolute Gasteiger partial charge is 0.382 e. The summed E-state index contributed by atoms with van der Waals surface area (Å²) in [5.41, 5.74) is 0.741. The van der Waals surface area contributed by atoms with E-state index in [2.05, 4.69) is 25.3 Å². The monoisotopic (exact) mass is 259 g/mol. The fraction of sp³-hybridized carbons (Fsp3) is 0.462. The summed E-state index contributed by atoms with van der Waals surface area (Å²) in [5, 5.41) is 21.1. The van der Waals surface area contributed by atoms with Crippen molar-refractivity contribution in [3.8, 4) is 0 Å². The van der Waals surface area contributed by atoms with E-state index < -0.39 is 5.60 Å². The van der Waals surface area contributed by atoms with Gasteiger partial charge in [-0.05, 0) is 31.5 Å². The lowest BCUT2D eigenvalue weighted by Gasteiger charge is -2.37. The fourth-order valence-corrected chi connectivity index (χ4v) is 2.61. The van der Waals surface area contributed by atoms with Crippen molar-refractivity contribution in [2.75, 3.05) is 13.1 Å². The lowest BCUT2D eigenvalue weighted by Crippen LogP contribution is -2.46.